The summed E-state index contributed by atoms with van der Waals surface area (Å²) in [6, 6.07) is 7.84. The van der Waals surface area contributed by atoms with Crippen LogP contribution in [-0.4, -0.2) is 15.0 Å². The van der Waals surface area contributed by atoms with Crippen molar-refractivity contribution >= 4 is 17.2 Å². The summed E-state index contributed by atoms with van der Waals surface area (Å²) in [6.07, 6.45) is 3.07. The summed E-state index contributed by atoms with van der Waals surface area (Å²) >= 11 is 4.92. The molecule has 1 heterocycles. The van der Waals surface area contributed by atoms with E-state index in [1.807, 2.05) is 24.3 Å². The van der Waals surface area contributed by atoms with Crippen molar-refractivity contribution in [1.29, 1.82) is 0 Å². The summed E-state index contributed by atoms with van der Waals surface area (Å²) in [6.45, 7) is 4.28. The summed E-state index contributed by atoms with van der Waals surface area (Å²) < 4.78 is 5.66. The van der Waals surface area contributed by atoms with E-state index in [0.29, 0.717) is 23.2 Å². The second-order valence-corrected chi connectivity index (χ2v) is 4.84. The number of ether oxygens (including phenoxy) is 1. The van der Waals surface area contributed by atoms with Gasteiger partial charge in [0.25, 0.3) is 0 Å². The lowest BCUT2D eigenvalue weighted by Crippen LogP contribution is -2.13. The highest BCUT2D eigenvalue weighted by atomic mass is 32.1. The maximum atomic E-state index is 5.66. The molecule has 0 aliphatic heterocycles. The number of benzene rings is 1. The van der Waals surface area contributed by atoms with Crippen molar-refractivity contribution in [2.24, 2.45) is 5.73 Å². The van der Waals surface area contributed by atoms with Crippen molar-refractivity contribution in [2.45, 2.75) is 19.8 Å². The molecule has 0 aliphatic rings. The minimum Gasteiger partial charge on any atom is -0.437 e. The number of nitrogens with zero attached hydrogens (tertiary/aromatic N) is 2. The summed E-state index contributed by atoms with van der Waals surface area (Å²) in [5.74, 6) is 1.49. The Morgan fingerprint density at radius 3 is 2.37 bits per heavy atom. The van der Waals surface area contributed by atoms with Gasteiger partial charge in [0.2, 0.25) is 5.88 Å². The first-order valence-corrected chi connectivity index (χ1v) is 6.37. The van der Waals surface area contributed by atoms with Crippen LogP contribution in [-0.2, 0) is 0 Å². The maximum Gasteiger partial charge on any atom is 0.248 e. The predicted octanol–water partition coefficient (Wildman–Crippen LogP) is 3.03. The maximum absolute atomic E-state index is 5.66. The molecule has 0 amide bonds. The molecule has 0 radical (unpaired) electrons. The van der Waals surface area contributed by atoms with Gasteiger partial charge in [-0.25, -0.2) is 9.97 Å². The molecular formula is C14H15N3OS. The van der Waals surface area contributed by atoms with Gasteiger partial charge in [-0.05, 0) is 23.6 Å². The van der Waals surface area contributed by atoms with Crippen LogP contribution in [0.4, 0.5) is 0 Å². The van der Waals surface area contributed by atoms with Gasteiger partial charge >= 0.3 is 0 Å². The highest BCUT2D eigenvalue weighted by Crippen LogP contribution is 2.24. The smallest absolute Gasteiger partial charge is 0.248 e. The number of thiocarbonyl (C=S) groups is 1. The number of nitrogens with two attached hydrogens (primary N) is 1. The Balaban J connectivity index is 2.24. The molecule has 0 unspecified atom stereocenters. The zero-order valence-corrected chi connectivity index (χ0v) is 11.6. The molecule has 0 spiro atoms. The van der Waals surface area contributed by atoms with E-state index in [9.17, 15) is 0 Å². The molecule has 2 N–H and O–H groups in total. The Morgan fingerprint density at radius 2 is 1.79 bits per heavy atom. The minimum absolute atomic E-state index is 0.168. The third-order valence-electron chi connectivity index (χ3n) is 2.66. The average molecular weight is 273 g/mol. The topological polar surface area (TPSA) is 61.0 Å². The summed E-state index contributed by atoms with van der Waals surface area (Å²) in [5, 5.41) is 0. The Labute approximate surface area is 117 Å². The standard InChI is InChI=1S/C14H15N3OS/c1-9(2)10-3-5-11(6-4-10)18-14-12(13(15)19)16-7-8-17-14/h3-9H,1-2H3,(H2,15,19). The fraction of sp³-hybridized carbons (Fsp3) is 0.214. The third-order valence-corrected chi connectivity index (χ3v) is 2.85. The SMILES string of the molecule is CC(C)c1ccc(Oc2nccnc2C(N)=S)cc1. The lowest BCUT2D eigenvalue weighted by molar-refractivity contribution is 0.458. The Morgan fingerprint density at radius 1 is 1.16 bits per heavy atom. The van der Waals surface area contributed by atoms with E-state index >= 15 is 0 Å². The van der Waals surface area contributed by atoms with Gasteiger partial charge in [0.05, 0.1) is 0 Å². The van der Waals surface area contributed by atoms with Crippen LogP contribution in [0.15, 0.2) is 36.7 Å². The van der Waals surface area contributed by atoms with Gasteiger partial charge in [-0.1, -0.05) is 38.2 Å². The molecule has 2 rings (SSSR count). The zero-order chi connectivity index (χ0) is 13.8. The normalized spacial score (nSPS) is 10.5. The van der Waals surface area contributed by atoms with Crippen molar-refractivity contribution < 1.29 is 4.74 Å². The Hall–Kier alpha value is -2.01. The number of hydrogen-bond acceptors (Lipinski definition) is 4. The van der Waals surface area contributed by atoms with E-state index in [2.05, 4.69) is 23.8 Å². The van der Waals surface area contributed by atoms with Gasteiger partial charge in [-0.2, -0.15) is 0 Å². The first kappa shape index (κ1) is 13.4. The number of hydrogen-bond donors (Lipinski definition) is 1. The molecule has 0 aliphatic carbocycles. The van der Waals surface area contributed by atoms with Crippen molar-refractivity contribution in [3.63, 3.8) is 0 Å². The molecule has 19 heavy (non-hydrogen) atoms. The van der Waals surface area contributed by atoms with Crippen molar-refractivity contribution in [3.05, 3.63) is 47.9 Å². The van der Waals surface area contributed by atoms with Crippen LogP contribution in [0.3, 0.4) is 0 Å². The van der Waals surface area contributed by atoms with Gasteiger partial charge in [0.1, 0.15) is 10.7 Å². The van der Waals surface area contributed by atoms with E-state index < -0.39 is 0 Å². The van der Waals surface area contributed by atoms with Crippen LogP contribution in [0, 0.1) is 0 Å². The average Bonchev–Trinajstić information content (AvgIpc) is 2.39. The fourth-order valence-electron chi connectivity index (χ4n) is 1.60. The number of rotatable bonds is 4. The fourth-order valence-corrected chi connectivity index (χ4v) is 1.74. The lowest BCUT2D eigenvalue weighted by atomic mass is 10.0. The minimum atomic E-state index is 0.168. The molecule has 0 fully saturated rings. The monoisotopic (exact) mass is 273 g/mol. The number of aromatic nitrogens is 2. The first-order chi connectivity index (χ1) is 9.08. The van der Waals surface area contributed by atoms with Gasteiger partial charge in [0, 0.05) is 12.4 Å². The van der Waals surface area contributed by atoms with Crippen LogP contribution >= 0.6 is 12.2 Å². The molecule has 1 aromatic carbocycles. The van der Waals surface area contributed by atoms with Crippen LogP contribution in [0.2, 0.25) is 0 Å². The van der Waals surface area contributed by atoms with E-state index in [-0.39, 0.29) is 4.99 Å². The molecule has 0 atom stereocenters. The summed E-state index contributed by atoms with van der Waals surface area (Å²) in [5.41, 5.74) is 7.23. The van der Waals surface area contributed by atoms with E-state index in [1.54, 1.807) is 6.20 Å². The summed E-state index contributed by atoms with van der Waals surface area (Å²) in [7, 11) is 0. The lowest BCUT2D eigenvalue weighted by Gasteiger charge is -2.09. The van der Waals surface area contributed by atoms with E-state index in [1.165, 1.54) is 11.8 Å². The zero-order valence-electron chi connectivity index (χ0n) is 10.8. The first-order valence-electron chi connectivity index (χ1n) is 5.96. The molecule has 0 bridgehead atoms. The van der Waals surface area contributed by atoms with Gasteiger partial charge in [-0.3, -0.25) is 0 Å². The predicted molar refractivity (Wildman–Crippen MR) is 78.5 cm³/mol. The van der Waals surface area contributed by atoms with Crippen molar-refractivity contribution in [1.82, 2.24) is 9.97 Å². The van der Waals surface area contributed by atoms with Crippen molar-refractivity contribution in [3.8, 4) is 11.6 Å². The van der Waals surface area contributed by atoms with Gasteiger partial charge in [0.15, 0.2) is 5.69 Å². The van der Waals surface area contributed by atoms with Crippen LogP contribution in [0.25, 0.3) is 0 Å². The van der Waals surface area contributed by atoms with Crippen molar-refractivity contribution in [2.75, 3.05) is 0 Å². The van der Waals surface area contributed by atoms with Gasteiger partial charge in [-0.15, -0.1) is 0 Å². The van der Waals surface area contributed by atoms with E-state index in [0.717, 1.165) is 0 Å². The molecule has 1 aromatic heterocycles. The van der Waals surface area contributed by atoms with Crippen LogP contribution in [0.1, 0.15) is 31.0 Å². The molecule has 2 aromatic rings. The van der Waals surface area contributed by atoms with Crippen LogP contribution in [0.5, 0.6) is 11.6 Å². The highest BCUT2D eigenvalue weighted by Gasteiger charge is 2.10. The third kappa shape index (κ3) is 3.26. The Kier molecular flexibility index (Phi) is 4.06. The second kappa shape index (κ2) is 5.75. The molecule has 5 heteroatoms. The van der Waals surface area contributed by atoms with Crippen LogP contribution < -0.4 is 10.5 Å². The second-order valence-electron chi connectivity index (χ2n) is 4.40. The molecule has 98 valence electrons. The quantitative estimate of drug-likeness (QED) is 0.868. The molecule has 4 nitrogen and oxygen atoms in total. The summed E-state index contributed by atoms with van der Waals surface area (Å²) in [4.78, 5) is 8.34. The largest absolute Gasteiger partial charge is 0.437 e. The van der Waals surface area contributed by atoms with E-state index in [4.69, 9.17) is 22.7 Å². The highest BCUT2D eigenvalue weighted by molar-refractivity contribution is 7.80. The Bertz CT molecular complexity index is 581. The molecular weight excluding hydrogens is 258 g/mol. The molecule has 0 saturated carbocycles. The molecule has 0 saturated heterocycles. The van der Waals surface area contributed by atoms with Gasteiger partial charge < -0.3 is 10.5 Å².